The van der Waals surface area contributed by atoms with Crippen LogP contribution < -0.4 is 5.43 Å². The normalized spacial score (nSPS) is 11.3. The van der Waals surface area contributed by atoms with Crippen LogP contribution in [0.3, 0.4) is 0 Å². The molecule has 0 fully saturated rings. The molecule has 2 aromatic carbocycles. The van der Waals surface area contributed by atoms with Gasteiger partial charge < -0.3 is 0 Å². The minimum atomic E-state index is -0.0606. The van der Waals surface area contributed by atoms with Gasteiger partial charge in [-0.15, -0.1) is 11.8 Å². The molecule has 2 rings (SSSR count). The molecule has 0 aliphatic rings. The van der Waals surface area contributed by atoms with E-state index in [9.17, 15) is 4.79 Å². The summed E-state index contributed by atoms with van der Waals surface area (Å²) in [5.74, 6) is 0.682. The van der Waals surface area contributed by atoms with E-state index in [4.69, 9.17) is 0 Å². The fourth-order valence-corrected chi connectivity index (χ4v) is 3.27. The van der Waals surface area contributed by atoms with Crippen LogP contribution in [0.2, 0.25) is 0 Å². The van der Waals surface area contributed by atoms with Gasteiger partial charge in [0.15, 0.2) is 0 Å². The third kappa shape index (κ3) is 6.35. The number of benzene rings is 2. The van der Waals surface area contributed by atoms with Crippen molar-refractivity contribution >= 4 is 46.0 Å². The maximum atomic E-state index is 11.9. The van der Waals surface area contributed by atoms with E-state index >= 15 is 0 Å². The third-order valence-corrected chi connectivity index (χ3v) is 4.89. The van der Waals surface area contributed by atoms with E-state index in [-0.39, 0.29) is 5.91 Å². The van der Waals surface area contributed by atoms with E-state index in [1.165, 1.54) is 10.5 Å². The van der Waals surface area contributed by atoms with Crippen LogP contribution in [0.25, 0.3) is 0 Å². The fraction of sp³-hybridized carbons (Fsp3) is 0.222. The zero-order chi connectivity index (χ0) is 16.7. The molecular weight excluding hydrogens is 419 g/mol. The summed E-state index contributed by atoms with van der Waals surface area (Å²) >= 11 is 3.94. The van der Waals surface area contributed by atoms with Crippen LogP contribution >= 0.6 is 34.4 Å². The first-order chi connectivity index (χ1) is 11.0. The van der Waals surface area contributed by atoms with Crippen molar-refractivity contribution in [2.24, 2.45) is 5.10 Å². The van der Waals surface area contributed by atoms with E-state index < -0.39 is 0 Å². The van der Waals surface area contributed by atoms with Crippen LogP contribution in [-0.2, 0) is 4.79 Å². The van der Waals surface area contributed by atoms with Crippen LogP contribution in [0.5, 0.6) is 0 Å². The SMILES string of the molecule is C/C(=N/NC(=O)CCSc1ccc(C)cc1)c1cccc(I)c1. The second kappa shape index (κ2) is 9.08. The zero-order valence-corrected chi connectivity index (χ0v) is 16.1. The topological polar surface area (TPSA) is 41.5 Å². The monoisotopic (exact) mass is 438 g/mol. The zero-order valence-electron chi connectivity index (χ0n) is 13.2. The summed E-state index contributed by atoms with van der Waals surface area (Å²) in [6.07, 6.45) is 0.446. The fourth-order valence-electron chi connectivity index (χ4n) is 1.88. The molecule has 1 N–H and O–H groups in total. The highest BCUT2D eigenvalue weighted by Gasteiger charge is 2.03. The highest BCUT2D eigenvalue weighted by molar-refractivity contribution is 14.1. The first-order valence-electron chi connectivity index (χ1n) is 7.33. The summed E-state index contributed by atoms with van der Waals surface area (Å²) in [6.45, 7) is 3.96. The summed E-state index contributed by atoms with van der Waals surface area (Å²) in [4.78, 5) is 13.0. The molecule has 2 aromatic rings. The van der Waals surface area contributed by atoms with Crippen LogP contribution in [0, 0.1) is 10.5 Å². The molecule has 1 amide bonds. The number of halogens is 1. The minimum absolute atomic E-state index is 0.0606. The van der Waals surface area contributed by atoms with Crippen molar-refractivity contribution in [1.82, 2.24) is 5.43 Å². The Labute approximate surface area is 155 Å². The van der Waals surface area contributed by atoms with E-state index in [0.29, 0.717) is 6.42 Å². The highest BCUT2D eigenvalue weighted by Crippen LogP contribution is 2.18. The Bertz CT molecular complexity index is 698. The Hall–Kier alpha value is -1.34. The number of nitrogens with one attached hydrogen (secondary N) is 1. The van der Waals surface area contributed by atoms with E-state index in [0.717, 1.165) is 20.6 Å². The van der Waals surface area contributed by atoms with Crippen molar-refractivity contribution in [3.8, 4) is 0 Å². The molecule has 0 aromatic heterocycles. The smallest absolute Gasteiger partial charge is 0.240 e. The number of thioether (sulfide) groups is 1. The summed E-state index contributed by atoms with van der Waals surface area (Å²) in [7, 11) is 0. The predicted molar refractivity (Wildman–Crippen MR) is 106 cm³/mol. The van der Waals surface area contributed by atoms with Gasteiger partial charge in [-0.2, -0.15) is 5.10 Å². The van der Waals surface area contributed by atoms with Crippen molar-refractivity contribution in [2.75, 3.05) is 5.75 Å². The quantitative estimate of drug-likeness (QED) is 0.310. The van der Waals surface area contributed by atoms with Crippen LogP contribution in [-0.4, -0.2) is 17.4 Å². The van der Waals surface area contributed by atoms with Gasteiger partial charge in [-0.3, -0.25) is 4.79 Å². The second-order valence-corrected chi connectivity index (χ2v) is 7.57. The number of hydrogen-bond acceptors (Lipinski definition) is 3. The van der Waals surface area contributed by atoms with Gasteiger partial charge in [0.1, 0.15) is 0 Å². The van der Waals surface area contributed by atoms with Gasteiger partial charge in [0.05, 0.1) is 5.71 Å². The average Bonchev–Trinajstić information content (AvgIpc) is 2.54. The van der Waals surface area contributed by atoms with Gasteiger partial charge in [-0.1, -0.05) is 29.8 Å². The van der Waals surface area contributed by atoms with Gasteiger partial charge in [0, 0.05) is 20.6 Å². The lowest BCUT2D eigenvalue weighted by Crippen LogP contribution is -2.19. The molecule has 5 heteroatoms. The molecule has 0 saturated carbocycles. The molecule has 0 heterocycles. The Morgan fingerprint density at radius 1 is 1.22 bits per heavy atom. The second-order valence-electron chi connectivity index (χ2n) is 5.15. The number of carbonyl (C=O) groups excluding carboxylic acids is 1. The number of aryl methyl sites for hydroxylation is 1. The van der Waals surface area contributed by atoms with Gasteiger partial charge in [-0.05, 0) is 66.3 Å². The number of nitrogens with zero attached hydrogens (tertiary/aromatic N) is 1. The van der Waals surface area contributed by atoms with Crippen LogP contribution in [0.1, 0.15) is 24.5 Å². The van der Waals surface area contributed by atoms with Crippen molar-refractivity contribution in [2.45, 2.75) is 25.2 Å². The Balaban J connectivity index is 1.78. The molecular formula is C18H19IN2OS. The number of hydrazone groups is 1. The Kier molecular flexibility index (Phi) is 7.11. The first-order valence-corrected chi connectivity index (χ1v) is 9.39. The molecule has 0 saturated heterocycles. The summed E-state index contributed by atoms with van der Waals surface area (Å²) < 4.78 is 1.15. The number of hydrogen-bond donors (Lipinski definition) is 1. The molecule has 0 aliphatic heterocycles. The first kappa shape index (κ1) is 18.0. The lowest BCUT2D eigenvalue weighted by atomic mass is 10.1. The van der Waals surface area contributed by atoms with Crippen molar-refractivity contribution in [3.63, 3.8) is 0 Å². The largest absolute Gasteiger partial charge is 0.273 e. The van der Waals surface area contributed by atoms with Crippen LogP contribution in [0.15, 0.2) is 58.5 Å². The summed E-state index contributed by atoms with van der Waals surface area (Å²) in [5, 5.41) is 4.18. The Morgan fingerprint density at radius 3 is 2.65 bits per heavy atom. The van der Waals surface area contributed by atoms with E-state index in [1.54, 1.807) is 11.8 Å². The molecule has 0 radical (unpaired) electrons. The Morgan fingerprint density at radius 2 is 1.96 bits per heavy atom. The van der Waals surface area contributed by atoms with Gasteiger partial charge in [-0.25, -0.2) is 5.43 Å². The molecule has 23 heavy (non-hydrogen) atoms. The molecule has 120 valence electrons. The average molecular weight is 438 g/mol. The van der Waals surface area contributed by atoms with Crippen molar-refractivity contribution in [3.05, 3.63) is 63.2 Å². The molecule has 3 nitrogen and oxygen atoms in total. The number of carbonyl (C=O) groups is 1. The predicted octanol–water partition coefficient (Wildman–Crippen LogP) is 4.62. The molecule has 0 unspecified atom stereocenters. The minimum Gasteiger partial charge on any atom is -0.273 e. The summed E-state index contributed by atoms with van der Waals surface area (Å²) in [6, 6.07) is 16.4. The van der Waals surface area contributed by atoms with E-state index in [1.807, 2.05) is 31.2 Å². The number of amides is 1. The molecule has 0 bridgehead atoms. The lowest BCUT2D eigenvalue weighted by Gasteiger charge is -2.04. The van der Waals surface area contributed by atoms with Gasteiger partial charge in [0.25, 0.3) is 0 Å². The lowest BCUT2D eigenvalue weighted by molar-refractivity contribution is -0.120. The maximum Gasteiger partial charge on any atom is 0.240 e. The van der Waals surface area contributed by atoms with Crippen molar-refractivity contribution < 1.29 is 4.79 Å². The van der Waals surface area contributed by atoms with Gasteiger partial charge >= 0.3 is 0 Å². The summed E-state index contributed by atoms with van der Waals surface area (Å²) in [5.41, 5.74) is 5.70. The van der Waals surface area contributed by atoms with Crippen molar-refractivity contribution in [1.29, 1.82) is 0 Å². The third-order valence-electron chi connectivity index (χ3n) is 3.21. The highest BCUT2D eigenvalue weighted by atomic mass is 127. The van der Waals surface area contributed by atoms with Crippen LogP contribution in [0.4, 0.5) is 0 Å². The molecule has 0 atom stereocenters. The molecule has 0 aliphatic carbocycles. The number of rotatable bonds is 6. The van der Waals surface area contributed by atoms with E-state index in [2.05, 4.69) is 64.3 Å². The van der Waals surface area contributed by atoms with Gasteiger partial charge in [0.2, 0.25) is 5.91 Å². The molecule has 0 spiro atoms. The maximum absolute atomic E-state index is 11.9. The standard InChI is InChI=1S/C18H19IN2OS/c1-13-6-8-17(9-7-13)23-11-10-18(22)21-20-14(2)15-4-3-5-16(19)12-15/h3-9,12H,10-11H2,1-2H3,(H,21,22)/b20-14-.